The van der Waals surface area contributed by atoms with Crippen molar-refractivity contribution in [1.29, 1.82) is 0 Å². The molecule has 0 spiro atoms. The zero-order chi connectivity index (χ0) is 21.1. The van der Waals surface area contributed by atoms with Gasteiger partial charge >= 0.3 is 6.18 Å². The molecule has 1 amide bonds. The van der Waals surface area contributed by atoms with Gasteiger partial charge in [-0.25, -0.2) is 8.42 Å². The van der Waals surface area contributed by atoms with Crippen LogP contribution in [0, 0.1) is 0 Å². The highest BCUT2D eigenvalue weighted by molar-refractivity contribution is 7.89. The molecule has 0 aliphatic heterocycles. The summed E-state index contributed by atoms with van der Waals surface area (Å²) in [6.45, 7) is 1.25. The molecule has 2 aromatic carbocycles. The van der Waals surface area contributed by atoms with Gasteiger partial charge in [0.2, 0.25) is 15.9 Å². The normalized spacial score (nSPS) is 13.1. The van der Waals surface area contributed by atoms with E-state index >= 15 is 0 Å². The lowest BCUT2D eigenvalue weighted by atomic mass is 10.2. The summed E-state index contributed by atoms with van der Waals surface area (Å²) in [6.07, 6.45) is -4.62. The molecule has 0 bridgehead atoms. The molecule has 152 valence electrons. The zero-order valence-corrected chi connectivity index (χ0v) is 16.2. The van der Waals surface area contributed by atoms with Crippen molar-refractivity contribution in [3.63, 3.8) is 0 Å². The van der Waals surface area contributed by atoms with Crippen LogP contribution in [0.2, 0.25) is 5.02 Å². The number of nitrogens with one attached hydrogen (secondary N) is 2. The van der Waals surface area contributed by atoms with E-state index in [0.717, 1.165) is 12.1 Å². The fourth-order valence-corrected chi connectivity index (χ4v) is 3.52. The number of alkyl halides is 3. The van der Waals surface area contributed by atoms with Gasteiger partial charge in [-0.15, -0.1) is 0 Å². The Kier molecular flexibility index (Phi) is 6.58. The Morgan fingerprint density at radius 2 is 1.75 bits per heavy atom. The van der Waals surface area contributed by atoms with Crippen molar-refractivity contribution in [2.45, 2.75) is 24.0 Å². The van der Waals surface area contributed by atoms with E-state index in [2.05, 4.69) is 10.0 Å². The van der Waals surface area contributed by atoms with E-state index in [4.69, 9.17) is 16.3 Å². The lowest BCUT2D eigenvalue weighted by Crippen LogP contribution is -2.41. The Morgan fingerprint density at radius 1 is 1.14 bits per heavy atom. The summed E-state index contributed by atoms with van der Waals surface area (Å²) in [5.41, 5.74) is -1.28. The van der Waals surface area contributed by atoms with E-state index < -0.39 is 33.7 Å². The molecule has 2 aromatic rings. The average molecular weight is 437 g/mol. The van der Waals surface area contributed by atoms with E-state index in [0.29, 0.717) is 11.8 Å². The number of rotatable bonds is 6. The molecular formula is C17H16ClF3N2O4S. The molecule has 0 heterocycles. The topological polar surface area (TPSA) is 84.5 Å². The highest BCUT2D eigenvalue weighted by atomic mass is 35.5. The van der Waals surface area contributed by atoms with Gasteiger partial charge in [-0.05, 0) is 49.4 Å². The molecule has 0 fully saturated rings. The highest BCUT2D eigenvalue weighted by Gasteiger charge is 2.31. The summed E-state index contributed by atoms with van der Waals surface area (Å²) >= 11 is 5.82. The van der Waals surface area contributed by atoms with Crippen molar-refractivity contribution in [3.8, 4) is 5.75 Å². The Bertz CT molecular complexity index is 963. The molecule has 0 saturated heterocycles. The third-order valence-electron chi connectivity index (χ3n) is 3.65. The molecular weight excluding hydrogens is 421 g/mol. The van der Waals surface area contributed by atoms with Crippen LogP contribution in [-0.2, 0) is 21.0 Å². The summed E-state index contributed by atoms with van der Waals surface area (Å²) < 4.78 is 70.2. The third kappa shape index (κ3) is 5.37. The zero-order valence-electron chi connectivity index (χ0n) is 14.7. The van der Waals surface area contributed by atoms with Crippen LogP contribution < -0.4 is 14.8 Å². The van der Waals surface area contributed by atoms with Crippen LogP contribution in [0.4, 0.5) is 18.9 Å². The van der Waals surface area contributed by atoms with Crippen LogP contribution in [0.1, 0.15) is 12.5 Å². The highest BCUT2D eigenvalue weighted by Crippen LogP contribution is 2.33. The van der Waals surface area contributed by atoms with Crippen LogP contribution in [0.5, 0.6) is 5.75 Å². The minimum atomic E-state index is -4.62. The number of carbonyl (C=O) groups excluding carboxylic acids is 1. The minimum Gasteiger partial charge on any atom is -0.497 e. The molecule has 6 nitrogen and oxygen atoms in total. The summed E-state index contributed by atoms with van der Waals surface area (Å²) in [7, 11) is -2.62. The molecule has 0 radical (unpaired) electrons. The predicted octanol–water partition coefficient (Wildman–Crippen LogP) is 3.67. The first-order chi connectivity index (χ1) is 12.9. The smallest absolute Gasteiger partial charge is 0.416 e. The molecule has 2 rings (SSSR count). The Hall–Kier alpha value is -2.30. The standard InChI is InChI=1S/C17H16ClF3N2O4S/c1-10(23-28(25,26)13-6-4-12(27-2)5-7-13)16(24)22-15-9-11(17(19,20)21)3-8-14(15)18/h3-10,23H,1-2H3,(H,22,24)/t10-/m1/s1. The maximum Gasteiger partial charge on any atom is 0.416 e. The van der Waals surface area contributed by atoms with Gasteiger partial charge in [-0.3, -0.25) is 4.79 Å². The lowest BCUT2D eigenvalue weighted by Gasteiger charge is -2.16. The van der Waals surface area contributed by atoms with Gasteiger partial charge in [0.1, 0.15) is 5.75 Å². The molecule has 0 aliphatic rings. The second kappa shape index (κ2) is 8.38. The van der Waals surface area contributed by atoms with Crippen LogP contribution in [0.3, 0.4) is 0 Å². The fourth-order valence-electron chi connectivity index (χ4n) is 2.15. The van der Waals surface area contributed by atoms with E-state index in [1.807, 2.05) is 0 Å². The van der Waals surface area contributed by atoms with E-state index in [1.165, 1.54) is 38.3 Å². The van der Waals surface area contributed by atoms with Gasteiger partial charge in [0.15, 0.2) is 0 Å². The number of halogens is 4. The molecule has 0 saturated carbocycles. The van der Waals surface area contributed by atoms with Gasteiger partial charge < -0.3 is 10.1 Å². The van der Waals surface area contributed by atoms with Crippen molar-refractivity contribution < 1.29 is 31.1 Å². The van der Waals surface area contributed by atoms with Crippen LogP contribution in [0.15, 0.2) is 47.4 Å². The van der Waals surface area contributed by atoms with E-state index in [1.54, 1.807) is 0 Å². The van der Waals surface area contributed by atoms with Gasteiger partial charge in [0.25, 0.3) is 0 Å². The van der Waals surface area contributed by atoms with E-state index in [9.17, 15) is 26.4 Å². The van der Waals surface area contributed by atoms with Crippen LogP contribution in [0.25, 0.3) is 0 Å². The Morgan fingerprint density at radius 3 is 2.29 bits per heavy atom. The number of amides is 1. The first kappa shape index (κ1) is 22.0. The largest absolute Gasteiger partial charge is 0.497 e. The molecule has 1 atom stereocenters. The van der Waals surface area contributed by atoms with Gasteiger partial charge in [0, 0.05) is 0 Å². The van der Waals surface area contributed by atoms with Crippen LogP contribution in [-0.4, -0.2) is 27.5 Å². The van der Waals surface area contributed by atoms with Crippen molar-refractivity contribution in [2.75, 3.05) is 12.4 Å². The number of carbonyl (C=O) groups is 1. The maximum atomic E-state index is 12.8. The maximum absolute atomic E-state index is 12.8. The Labute approximate surface area is 164 Å². The van der Waals surface area contributed by atoms with Gasteiger partial charge in [-0.2, -0.15) is 17.9 Å². The second-order valence-electron chi connectivity index (χ2n) is 5.70. The van der Waals surface area contributed by atoms with Gasteiger partial charge in [0.05, 0.1) is 34.3 Å². The number of hydrogen-bond acceptors (Lipinski definition) is 4. The summed E-state index contributed by atoms with van der Waals surface area (Å²) in [5, 5.41) is 2.08. The number of hydrogen-bond donors (Lipinski definition) is 2. The SMILES string of the molecule is COc1ccc(S(=O)(=O)N[C@H](C)C(=O)Nc2cc(C(F)(F)F)ccc2Cl)cc1. The molecule has 2 N–H and O–H groups in total. The first-order valence-electron chi connectivity index (χ1n) is 7.78. The summed E-state index contributed by atoms with van der Waals surface area (Å²) in [4.78, 5) is 12.1. The number of methoxy groups -OCH3 is 1. The summed E-state index contributed by atoms with van der Waals surface area (Å²) in [5.74, 6) is -0.428. The number of anilines is 1. The molecule has 28 heavy (non-hydrogen) atoms. The van der Waals surface area contributed by atoms with Crippen molar-refractivity contribution >= 4 is 33.2 Å². The molecule has 0 unspecified atom stereocenters. The number of sulfonamides is 1. The predicted molar refractivity (Wildman–Crippen MR) is 97.9 cm³/mol. The van der Waals surface area contributed by atoms with E-state index in [-0.39, 0.29) is 15.6 Å². The molecule has 0 aromatic heterocycles. The molecule has 11 heteroatoms. The van der Waals surface area contributed by atoms with Crippen LogP contribution >= 0.6 is 11.6 Å². The number of ether oxygens (including phenoxy) is 1. The summed E-state index contributed by atoms with van der Waals surface area (Å²) in [6, 6.07) is 6.59. The monoisotopic (exact) mass is 436 g/mol. The van der Waals surface area contributed by atoms with Gasteiger partial charge in [-0.1, -0.05) is 11.6 Å². The average Bonchev–Trinajstić information content (AvgIpc) is 2.62. The van der Waals surface area contributed by atoms with Crippen molar-refractivity contribution in [3.05, 3.63) is 53.1 Å². The second-order valence-corrected chi connectivity index (χ2v) is 7.82. The third-order valence-corrected chi connectivity index (χ3v) is 5.53. The quantitative estimate of drug-likeness (QED) is 0.723. The number of benzene rings is 2. The minimum absolute atomic E-state index is 0.106. The fraction of sp³-hybridized carbons (Fsp3) is 0.235. The first-order valence-corrected chi connectivity index (χ1v) is 9.64. The lowest BCUT2D eigenvalue weighted by molar-refractivity contribution is -0.137. The Balaban J connectivity index is 2.14. The molecule has 0 aliphatic carbocycles. The van der Waals surface area contributed by atoms with Crippen molar-refractivity contribution in [1.82, 2.24) is 4.72 Å². The van der Waals surface area contributed by atoms with Crippen molar-refractivity contribution in [2.24, 2.45) is 0 Å².